The number of rotatable bonds is 14. The summed E-state index contributed by atoms with van der Waals surface area (Å²) in [6.07, 6.45) is 1.34. The number of hydrogen-bond acceptors (Lipinski definition) is 8. The molecule has 2 saturated heterocycles. The van der Waals surface area contributed by atoms with Gasteiger partial charge in [-0.2, -0.15) is 0 Å². The van der Waals surface area contributed by atoms with E-state index in [9.17, 15) is 19.8 Å². The van der Waals surface area contributed by atoms with Gasteiger partial charge in [0, 0.05) is 51.5 Å². The van der Waals surface area contributed by atoms with Gasteiger partial charge in [0.15, 0.2) is 0 Å². The fourth-order valence-electron chi connectivity index (χ4n) is 7.29. The number of morpholine rings is 1. The molecule has 6 rings (SSSR count). The second-order valence-corrected chi connectivity index (χ2v) is 13.5. The van der Waals surface area contributed by atoms with Crippen LogP contribution in [0.4, 0.5) is 0 Å². The summed E-state index contributed by atoms with van der Waals surface area (Å²) in [7, 11) is 1.66. The van der Waals surface area contributed by atoms with Gasteiger partial charge in [0.1, 0.15) is 18.4 Å². The van der Waals surface area contributed by atoms with Crippen LogP contribution in [0.2, 0.25) is 0 Å². The number of nitrogens with one attached hydrogen (secondary N) is 1. The Balaban J connectivity index is 1.21. The van der Waals surface area contributed by atoms with Gasteiger partial charge in [-0.1, -0.05) is 66.7 Å². The van der Waals surface area contributed by atoms with Crippen molar-refractivity contribution in [3.63, 3.8) is 0 Å². The van der Waals surface area contributed by atoms with Crippen molar-refractivity contribution in [1.29, 1.82) is 0 Å². The maximum Gasteiger partial charge on any atom is 0.245 e. The Hall–Kier alpha value is -4.06. The Morgan fingerprint density at radius 1 is 1.00 bits per heavy atom. The monoisotopic (exact) mass is 683 g/mol. The number of fused-ring (bicyclic) bond motifs is 1. The topological polar surface area (TPSA) is 121 Å². The van der Waals surface area contributed by atoms with Crippen molar-refractivity contribution in [1.82, 2.24) is 15.1 Å². The van der Waals surface area contributed by atoms with Crippen molar-refractivity contribution < 1.29 is 34.0 Å². The number of aliphatic hydroxyl groups is 2. The molecule has 10 heteroatoms. The molecule has 3 aromatic rings. The van der Waals surface area contributed by atoms with Crippen molar-refractivity contribution in [2.24, 2.45) is 0 Å². The first kappa shape index (κ1) is 35.8. The molecule has 3 aliphatic rings. The molecule has 0 radical (unpaired) electrons. The van der Waals surface area contributed by atoms with Crippen molar-refractivity contribution in [2.75, 3.05) is 59.7 Å². The molecule has 2 amide bonds. The summed E-state index contributed by atoms with van der Waals surface area (Å²) < 4.78 is 16.9. The maximum atomic E-state index is 14.3. The van der Waals surface area contributed by atoms with Gasteiger partial charge in [0.2, 0.25) is 11.8 Å². The molecule has 50 heavy (non-hydrogen) atoms. The summed E-state index contributed by atoms with van der Waals surface area (Å²) >= 11 is 0. The number of amides is 2. The fourth-order valence-corrected chi connectivity index (χ4v) is 7.29. The minimum absolute atomic E-state index is 0.0195. The average Bonchev–Trinajstić information content (AvgIpc) is 3.77. The van der Waals surface area contributed by atoms with Crippen LogP contribution in [0.25, 0.3) is 0 Å². The first-order valence-electron chi connectivity index (χ1n) is 17.7. The Morgan fingerprint density at radius 2 is 1.74 bits per heavy atom. The minimum atomic E-state index is -1.04. The van der Waals surface area contributed by atoms with E-state index < -0.39 is 30.2 Å². The third kappa shape index (κ3) is 9.18. The average molecular weight is 684 g/mol. The van der Waals surface area contributed by atoms with Crippen LogP contribution < -0.4 is 10.1 Å². The number of hydrogen-bond donors (Lipinski definition) is 3. The van der Waals surface area contributed by atoms with Crippen LogP contribution in [0.3, 0.4) is 0 Å². The lowest BCUT2D eigenvalue weighted by Crippen LogP contribution is -2.51. The molecule has 0 unspecified atom stereocenters. The molecule has 0 aromatic heterocycles. The number of aliphatic hydroxyl groups excluding tert-OH is 2. The third-order valence-corrected chi connectivity index (χ3v) is 10.1. The highest BCUT2D eigenvalue weighted by Gasteiger charge is 2.39. The van der Waals surface area contributed by atoms with E-state index in [2.05, 4.69) is 10.2 Å². The molecule has 0 bridgehead atoms. The van der Waals surface area contributed by atoms with Crippen LogP contribution in [0.5, 0.6) is 5.75 Å². The number of nitrogens with zero attached hydrogens (tertiary/aromatic N) is 2. The molecule has 2 fully saturated rings. The highest BCUT2D eigenvalue weighted by atomic mass is 16.5. The quantitative estimate of drug-likeness (QED) is 0.221. The zero-order valence-electron chi connectivity index (χ0n) is 28.8. The van der Waals surface area contributed by atoms with Crippen LogP contribution in [0, 0.1) is 0 Å². The number of carbonyl (C=O) groups excluding carboxylic acids is 2. The van der Waals surface area contributed by atoms with Gasteiger partial charge < -0.3 is 34.6 Å². The predicted octanol–water partition coefficient (Wildman–Crippen LogP) is 3.42. The molecule has 0 saturated carbocycles. The van der Waals surface area contributed by atoms with Gasteiger partial charge in [-0.15, -0.1) is 0 Å². The molecule has 0 spiro atoms. The molecule has 3 aromatic carbocycles. The standard InChI is InChI=1S/C40H49N3O7/c1-42(39-33-10-6-5-9-31(33)25-37(39)45)40(47)35(41-38(46)24-29-15-19-49-27-29)26-36(44)34(23-28-7-3-2-4-8-28)30-11-13-32(14-12-30)50-22-18-43-16-20-48-21-17-43/h2-14,24,34-37,39,44-45H,15-23,25-27H2,1H3,(H,41,46)/t34-,35+,36-,37+,39-/m0/s1. The van der Waals surface area contributed by atoms with E-state index in [4.69, 9.17) is 14.2 Å². The zero-order chi connectivity index (χ0) is 34.9. The van der Waals surface area contributed by atoms with Crippen molar-refractivity contribution >= 4 is 11.8 Å². The SMILES string of the molecule is CN(C(=O)[C@@H](C[C@H](O)[C@@H](Cc1ccccc1)c1ccc(OCCN2CCOCC2)cc1)NC(=O)C=C1CCOC1)[C@H]1c2ccccc2C[C@H]1O. The number of benzene rings is 3. The summed E-state index contributed by atoms with van der Waals surface area (Å²) in [6, 6.07) is 23.8. The maximum absolute atomic E-state index is 14.3. The summed E-state index contributed by atoms with van der Waals surface area (Å²) in [5, 5.41) is 25.9. The lowest BCUT2D eigenvalue weighted by atomic mass is 9.84. The van der Waals surface area contributed by atoms with Crippen LogP contribution in [0.15, 0.2) is 90.5 Å². The third-order valence-electron chi connectivity index (χ3n) is 10.1. The molecule has 1 aliphatic carbocycles. The van der Waals surface area contributed by atoms with Gasteiger partial charge >= 0.3 is 0 Å². The second kappa shape index (κ2) is 17.2. The molecule has 2 heterocycles. The fraction of sp³-hybridized carbons (Fsp3) is 0.450. The van der Waals surface area contributed by atoms with Gasteiger partial charge in [0.25, 0.3) is 0 Å². The predicted molar refractivity (Wildman–Crippen MR) is 190 cm³/mol. The highest BCUT2D eigenvalue weighted by molar-refractivity contribution is 5.93. The first-order valence-corrected chi connectivity index (χ1v) is 17.7. The van der Waals surface area contributed by atoms with E-state index in [0.29, 0.717) is 39.1 Å². The Bertz CT molecular complexity index is 1580. The first-order chi connectivity index (χ1) is 24.4. The molecule has 10 nitrogen and oxygen atoms in total. The molecule has 2 aliphatic heterocycles. The number of carbonyl (C=O) groups is 2. The molecular weight excluding hydrogens is 634 g/mol. The van der Waals surface area contributed by atoms with E-state index >= 15 is 0 Å². The largest absolute Gasteiger partial charge is 0.492 e. The summed E-state index contributed by atoms with van der Waals surface area (Å²) in [6.45, 7) is 5.62. The van der Waals surface area contributed by atoms with E-state index in [-0.39, 0.29) is 18.2 Å². The highest BCUT2D eigenvalue weighted by Crippen LogP contribution is 2.36. The Kier molecular flexibility index (Phi) is 12.3. The van der Waals surface area contributed by atoms with Crippen LogP contribution in [0.1, 0.15) is 47.1 Å². The molecule has 5 atom stereocenters. The van der Waals surface area contributed by atoms with Crippen LogP contribution >= 0.6 is 0 Å². The van der Waals surface area contributed by atoms with E-state index in [1.54, 1.807) is 7.05 Å². The van der Waals surface area contributed by atoms with E-state index in [0.717, 1.165) is 66.4 Å². The smallest absolute Gasteiger partial charge is 0.245 e. The molecular formula is C40H49N3O7. The Labute approximate surface area is 294 Å². The minimum Gasteiger partial charge on any atom is -0.492 e. The number of ether oxygens (including phenoxy) is 3. The molecule has 3 N–H and O–H groups in total. The lowest BCUT2D eigenvalue weighted by Gasteiger charge is -2.33. The van der Waals surface area contributed by atoms with E-state index in [1.165, 1.54) is 11.0 Å². The molecule has 266 valence electrons. The summed E-state index contributed by atoms with van der Waals surface area (Å²) in [5.41, 5.74) is 4.69. The summed E-state index contributed by atoms with van der Waals surface area (Å²) in [4.78, 5) is 31.4. The lowest BCUT2D eigenvalue weighted by molar-refractivity contribution is -0.139. The van der Waals surface area contributed by atoms with Crippen molar-refractivity contribution in [2.45, 2.75) is 55.9 Å². The van der Waals surface area contributed by atoms with Crippen molar-refractivity contribution in [3.8, 4) is 5.75 Å². The van der Waals surface area contributed by atoms with Crippen LogP contribution in [-0.2, 0) is 31.9 Å². The van der Waals surface area contributed by atoms with Gasteiger partial charge in [0.05, 0.1) is 44.7 Å². The normalized spacial score (nSPS) is 21.7. The van der Waals surface area contributed by atoms with Gasteiger partial charge in [-0.3, -0.25) is 14.5 Å². The Morgan fingerprint density at radius 3 is 2.48 bits per heavy atom. The summed E-state index contributed by atoms with van der Waals surface area (Å²) in [5.74, 6) is -0.412. The van der Waals surface area contributed by atoms with Crippen molar-refractivity contribution in [3.05, 3.63) is 113 Å². The van der Waals surface area contributed by atoms with Gasteiger partial charge in [-0.25, -0.2) is 0 Å². The van der Waals surface area contributed by atoms with E-state index in [1.807, 2.05) is 78.9 Å². The number of likely N-dealkylation sites (N-methyl/N-ethyl adjacent to an activating group) is 1. The second-order valence-electron chi connectivity index (χ2n) is 13.5. The van der Waals surface area contributed by atoms with Gasteiger partial charge in [-0.05, 0) is 52.8 Å². The van der Waals surface area contributed by atoms with Crippen LogP contribution in [-0.4, -0.2) is 110 Å². The zero-order valence-corrected chi connectivity index (χ0v) is 28.8.